The molecular formula is C15H23FN4O2. The SMILES string of the molecule is CC(C)(C)OC(=O)N1CCCN(c2cc(CF)ncn2)CC1. The van der Waals surface area contributed by atoms with Crippen molar-refractivity contribution in [2.24, 2.45) is 0 Å². The Morgan fingerprint density at radius 1 is 1.27 bits per heavy atom. The molecule has 0 unspecified atom stereocenters. The largest absolute Gasteiger partial charge is 0.444 e. The number of halogens is 1. The molecule has 1 amide bonds. The van der Waals surface area contributed by atoms with Gasteiger partial charge in [-0.15, -0.1) is 0 Å². The fraction of sp³-hybridized carbons (Fsp3) is 0.667. The molecule has 6 nitrogen and oxygen atoms in total. The van der Waals surface area contributed by atoms with Crippen LogP contribution in [-0.2, 0) is 11.4 Å². The summed E-state index contributed by atoms with van der Waals surface area (Å²) < 4.78 is 18.1. The fourth-order valence-corrected chi connectivity index (χ4v) is 2.29. The molecule has 0 aliphatic carbocycles. The molecule has 0 saturated carbocycles. The summed E-state index contributed by atoms with van der Waals surface area (Å²) in [6, 6.07) is 1.66. The Labute approximate surface area is 130 Å². The second-order valence-corrected chi connectivity index (χ2v) is 6.31. The van der Waals surface area contributed by atoms with Crippen molar-refractivity contribution in [1.82, 2.24) is 14.9 Å². The number of carbonyl (C=O) groups is 1. The van der Waals surface area contributed by atoms with Crippen LogP contribution in [0.15, 0.2) is 12.4 Å². The number of alkyl halides is 1. The third-order valence-electron chi connectivity index (χ3n) is 3.32. The number of hydrogen-bond donors (Lipinski definition) is 0. The van der Waals surface area contributed by atoms with Gasteiger partial charge in [-0.05, 0) is 27.2 Å². The Bertz CT molecular complexity index is 519. The normalized spacial score (nSPS) is 16.4. The van der Waals surface area contributed by atoms with Crippen molar-refractivity contribution in [3.8, 4) is 0 Å². The highest BCUT2D eigenvalue weighted by molar-refractivity contribution is 5.68. The Hall–Kier alpha value is -1.92. The summed E-state index contributed by atoms with van der Waals surface area (Å²) in [5.74, 6) is 0.702. The number of aromatic nitrogens is 2. The summed E-state index contributed by atoms with van der Waals surface area (Å²) in [4.78, 5) is 23.9. The van der Waals surface area contributed by atoms with Crippen LogP contribution in [0.3, 0.4) is 0 Å². The van der Waals surface area contributed by atoms with Crippen LogP contribution in [0.5, 0.6) is 0 Å². The second kappa shape index (κ2) is 6.89. The summed E-state index contributed by atoms with van der Waals surface area (Å²) in [6.07, 6.45) is 1.90. The average molecular weight is 310 g/mol. The second-order valence-electron chi connectivity index (χ2n) is 6.31. The van der Waals surface area contributed by atoms with Crippen molar-refractivity contribution in [2.45, 2.75) is 39.5 Å². The fourth-order valence-electron chi connectivity index (χ4n) is 2.29. The third-order valence-corrected chi connectivity index (χ3v) is 3.32. The molecule has 1 aliphatic heterocycles. The summed E-state index contributed by atoms with van der Waals surface area (Å²) in [7, 11) is 0. The van der Waals surface area contributed by atoms with Crippen molar-refractivity contribution < 1.29 is 13.9 Å². The molecule has 2 heterocycles. The summed E-state index contributed by atoms with van der Waals surface area (Å²) >= 11 is 0. The molecule has 1 aromatic rings. The van der Waals surface area contributed by atoms with Crippen LogP contribution < -0.4 is 4.90 Å². The minimum absolute atomic E-state index is 0.290. The van der Waals surface area contributed by atoms with E-state index in [1.165, 1.54) is 6.33 Å². The van der Waals surface area contributed by atoms with Gasteiger partial charge in [0.05, 0.1) is 5.69 Å². The average Bonchev–Trinajstić information content (AvgIpc) is 2.71. The zero-order chi connectivity index (χ0) is 16.2. The lowest BCUT2D eigenvalue weighted by molar-refractivity contribution is 0.0263. The van der Waals surface area contributed by atoms with Crippen LogP contribution in [0.1, 0.15) is 32.9 Å². The molecular weight excluding hydrogens is 287 g/mol. The van der Waals surface area contributed by atoms with E-state index in [0.717, 1.165) is 13.0 Å². The van der Waals surface area contributed by atoms with Gasteiger partial charge in [0.1, 0.15) is 24.4 Å². The van der Waals surface area contributed by atoms with Crippen LogP contribution in [-0.4, -0.2) is 52.7 Å². The highest BCUT2D eigenvalue weighted by Crippen LogP contribution is 2.16. The van der Waals surface area contributed by atoms with E-state index in [0.29, 0.717) is 31.1 Å². The maximum atomic E-state index is 12.7. The van der Waals surface area contributed by atoms with E-state index >= 15 is 0 Å². The van der Waals surface area contributed by atoms with E-state index in [1.807, 2.05) is 25.7 Å². The molecule has 0 aromatic carbocycles. The van der Waals surface area contributed by atoms with Crippen LogP contribution in [0, 0.1) is 0 Å². The van der Waals surface area contributed by atoms with E-state index in [1.54, 1.807) is 11.0 Å². The smallest absolute Gasteiger partial charge is 0.410 e. The Kier molecular flexibility index (Phi) is 5.15. The quantitative estimate of drug-likeness (QED) is 0.839. The lowest BCUT2D eigenvalue weighted by atomic mass is 10.2. The molecule has 1 fully saturated rings. The number of amides is 1. The number of rotatable bonds is 2. The first kappa shape index (κ1) is 16.5. The maximum Gasteiger partial charge on any atom is 0.410 e. The predicted octanol–water partition coefficient (Wildman–Crippen LogP) is 2.39. The Balaban J connectivity index is 1.98. The van der Waals surface area contributed by atoms with Gasteiger partial charge in [0, 0.05) is 32.2 Å². The Morgan fingerprint density at radius 3 is 2.73 bits per heavy atom. The van der Waals surface area contributed by atoms with E-state index < -0.39 is 12.3 Å². The van der Waals surface area contributed by atoms with E-state index in [2.05, 4.69) is 9.97 Å². The number of carbonyl (C=O) groups excluding carboxylic acids is 1. The molecule has 22 heavy (non-hydrogen) atoms. The van der Waals surface area contributed by atoms with Gasteiger partial charge in [-0.3, -0.25) is 0 Å². The van der Waals surface area contributed by atoms with Crippen molar-refractivity contribution in [2.75, 3.05) is 31.1 Å². The molecule has 0 spiro atoms. The summed E-state index contributed by atoms with van der Waals surface area (Å²) in [5.41, 5.74) is -0.121. The molecule has 0 radical (unpaired) electrons. The van der Waals surface area contributed by atoms with Gasteiger partial charge in [-0.25, -0.2) is 19.2 Å². The van der Waals surface area contributed by atoms with Crippen LogP contribution in [0.4, 0.5) is 15.0 Å². The van der Waals surface area contributed by atoms with Crippen molar-refractivity contribution >= 4 is 11.9 Å². The van der Waals surface area contributed by atoms with Crippen molar-refractivity contribution in [3.05, 3.63) is 18.1 Å². The molecule has 1 saturated heterocycles. The summed E-state index contributed by atoms with van der Waals surface area (Å²) in [6.45, 7) is 7.57. The molecule has 7 heteroatoms. The topological polar surface area (TPSA) is 58.6 Å². The van der Waals surface area contributed by atoms with Crippen molar-refractivity contribution in [3.63, 3.8) is 0 Å². The highest BCUT2D eigenvalue weighted by Gasteiger charge is 2.24. The van der Waals surface area contributed by atoms with E-state index in [4.69, 9.17) is 4.74 Å². The molecule has 2 rings (SSSR count). The minimum atomic E-state index is -0.604. The van der Waals surface area contributed by atoms with Crippen LogP contribution in [0.25, 0.3) is 0 Å². The monoisotopic (exact) mass is 310 g/mol. The van der Waals surface area contributed by atoms with Crippen LogP contribution in [0.2, 0.25) is 0 Å². The van der Waals surface area contributed by atoms with Gasteiger partial charge in [0.25, 0.3) is 0 Å². The molecule has 0 N–H and O–H groups in total. The van der Waals surface area contributed by atoms with Gasteiger partial charge < -0.3 is 14.5 Å². The first-order valence-corrected chi connectivity index (χ1v) is 7.49. The Morgan fingerprint density at radius 2 is 2.05 bits per heavy atom. The van der Waals surface area contributed by atoms with Gasteiger partial charge in [-0.2, -0.15) is 0 Å². The third kappa shape index (κ3) is 4.54. The number of anilines is 1. The molecule has 1 aliphatic rings. The van der Waals surface area contributed by atoms with Crippen molar-refractivity contribution in [1.29, 1.82) is 0 Å². The molecule has 0 atom stereocenters. The van der Waals surface area contributed by atoms with Gasteiger partial charge >= 0.3 is 6.09 Å². The van der Waals surface area contributed by atoms with Gasteiger partial charge in [0.2, 0.25) is 0 Å². The number of hydrogen-bond acceptors (Lipinski definition) is 5. The highest BCUT2D eigenvalue weighted by atomic mass is 19.1. The zero-order valence-electron chi connectivity index (χ0n) is 13.4. The van der Waals surface area contributed by atoms with Gasteiger partial charge in [0.15, 0.2) is 0 Å². The first-order chi connectivity index (χ1) is 10.4. The van der Waals surface area contributed by atoms with Gasteiger partial charge in [-0.1, -0.05) is 0 Å². The van der Waals surface area contributed by atoms with E-state index in [-0.39, 0.29) is 6.09 Å². The lowest BCUT2D eigenvalue weighted by Gasteiger charge is -2.26. The predicted molar refractivity (Wildman–Crippen MR) is 81.5 cm³/mol. The zero-order valence-corrected chi connectivity index (χ0v) is 13.4. The lowest BCUT2D eigenvalue weighted by Crippen LogP contribution is -2.39. The number of nitrogens with zero attached hydrogens (tertiary/aromatic N) is 4. The molecule has 122 valence electrons. The summed E-state index contributed by atoms with van der Waals surface area (Å²) in [5, 5.41) is 0. The maximum absolute atomic E-state index is 12.7. The molecule has 1 aromatic heterocycles. The van der Waals surface area contributed by atoms with Crippen LogP contribution >= 0.6 is 0 Å². The standard InChI is InChI=1S/C15H23FN4O2/c1-15(2,3)22-14(21)20-6-4-5-19(7-8-20)13-9-12(10-16)17-11-18-13/h9,11H,4-8,10H2,1-3H3. The van der Waals surface area contributed by atoms with E-state index in [9.17, 15) is 9.18 Å². The number of ether oxygens (including phenoxy) is 1. The minimum Gasteiger partial charge on any atom is -0.444 e. The molecule has 0 bridgehead atoms. The first-order valence-electron chi connectivity index (χ1n) is 7.49.